The number of ether oxygens (including phenoxy) is 1. The highest BCUT2D eigenvalue weighted by Crippen LogP contribution is 2.33. The van der Waals surface area contributed by atoms with Gasteiger partial charge in [-0.25, -0.2) is 4.68 Å². The monoisotopic (exact) mass is 358 g/mol. The maximum Gasteiger partial charge on any atom is 0.229 e. The van der Waals surface area contributed by atoms with Crippen LogP contribution in [-0.2, 0) is 4.79 Å². The van der Waals surface area contributed by atoms with Crippen molar-refractivity contribution in [2.75, 3.05) is 6.61 Å². The Balaban J connectivity index is 1.53. The molecule has 0 saturated heterocycles. The van der Waals surface area contributed by atoms with Gasteiger partial charge in [-0.15, -0.1) is 0 Å². The van der Waals surface area contributed by atoms with Crippen LogP contribution in [0.5, 0.6) is 5.75 Å². The van der Waals surface area contributed by atoms with E-state index in [0.717, 1.165) is 17.0 Å². The Morgan fingerprint density at radius 3 is 2.81 bits per heavy atom. The van der Waals surface area contributed by atoms with Gasteiger partial charge in [-0.3, -0.25) is 4.79 Å². The molecule has 27 heavy (non-hydrogen) atoms. The van der Waals surface area contributed by atoms with Gasteiger partial charge in [0.1, 0.15) is 11.8 Å². The highest BCUT2D eigenvalue weighted by molar-refractivity contribution is 5.85. The Hall–Kier alpha value is -3.59. The zero-order chi connectivity index (χ0) is 18.6. The molecule has 6 heteroatoms. The number of amides is 1. The lowest BCUT2D eigenvalue weighted by molar-refractivity contribution is -0.123. The minimum Gasteiger partial charge on any atom is -0.493 e. The predicted molar refractivity (Wildman–Crippen MR) is 99.4 cm³/mol. The molecule has 0 radical (unpaired) electrons. The third-order valence-corrected chi connectivity index (χ3v) is 4.65. The first-order valence-corrected chi connectivity index (χ1v) is 8.78. The van der Waals surface area contributed by atoms with Crippen molar-refractivity contribution in [3.05, 3.63) is 78.1 Å². The van der Waals surface area contributed by atoms with Crippen molar-refractivity contribution in [3.63, 3.8) is 0 Å². The quantitative estimate of drug-likeness (QED) is 0.777. The van der Waals surface area contributed by atoms with Gasteiger partial charge in [0.15, 0.2) is 0 Å². The molecule has 2 aromatic carbocycles. The van der Waals surface area contributed by atoms with Crippen LogP contribution in [0.25, 0.3) is 5.69 Å². The number of rotatable bonds is 4. The van der Waals surface area contributed by atoms with E-state index in [2.05, 4.69) is 16.5 Å². The zero-order valence-corrected chi connectivity index (χ0v) is 14.6. The van der Waals surface area contributed by atoms with E-state index in [1.54, 1.807) is 17.1 Å². The van der Waals surface area contributed by atoms with Gasteiger partial charge in [0.25, 0.3) is 0 Å². The van der Waals surface area contributed by atoms with Crippen LogP contribution in [0.4, 0.5) is 0 Å². The lowest BCUT2D eigenvalue weighted by Crippen LogP contribution is -2.34. The molecule has 134 valence electrons. The maximum atomic E-state index is 12.8. The number of fused-ring (bicyclic) bond motifs is 1. The van der Waals surface area contributed by atoms with Gasteiger partial charge in [-0.2, -0.15) is 10.4 Å². The molecule has 0 aliphatic carbocycles. The number of carbonyl (C=O) groups excluding carboxylic acids is 1. The highest BCUT2D eigenvalue weighted by Gasteiger charge is 2.29. The lowest BCUT2D eigenvalue weighted by atomic mass is 9.92. The summed E-state index contributed by atoms with van der Waals surface area (Å²) in [5, 5.41) is 16.7. The Bertz CT molecular complexity index is 991. The van der Waals surface area contributed by atoms with Crippen molar-refractivity contribution in [2.24, 2.45) is 0 Å². The van der Waals surface area contributed by atoms with Gasteiger partial charge in [0, 0.05) is 17.3 Å². The van der Waals surface area contributed by atoms with E-state index in [-0.39, 0.29) is 11.8 Å². The number of carbonyl (C=O) groups is 1. The molecule has 0 spiro atoms. The summed E-state index contributed by atoms with van der Waals surface area (Å²) in [6, 6.07) is 18.6. The van der Waals surface area contributed by atoms with E-state index >= 15 is 0 Å². The van der Waals surface area contributed by atoms with E-state index in [4.69, 9.17) is 4.74 Å². The van der Waals surface area contributed by atoms with Crippen molar-refractivity contribution < 1.29 is 9.53 Å². The summed E-state index contributed by atoms with van der Waals surface area (Å²) >= 11 is 0. The molecule has 4 rings (SSSR count). The van der Waals surface area contributed by atoms with E-state index in [9.17, 15) is 10.1 Å². The molecular formula is C21H18N4O2. The molecule has 1 aliphatic rings. The number of nitriles is 1. The number of nitrogens with one attached hydrogen (secondary N) is 1. The molecule has 2 atom stereocenters. The smallest absolute Gasteiger partial charge is 0.229 e. The van der Waals surface area contributed by atoms with Gasteiger partial charge >= 0.3 is 0 Å². The van der Waals surface area contributed by atoms with Crippen LogP contribution >= 0.6 is 0 Å². The van der Waals surface area contributed by atoms with Gasteiger partial charge in [-0.1, -0.05) is 36.4 Å². The van der Waals surface area contributed by atoms with Crippen LogP contribution < -0.4 is 10.1 Å². The molecule has 0 bridgehead atoms. The Morgan fingerprint density at radius 2 is 2.00 bits per heavy atom. The summed E-state index contributed by atoms with van der Waals surface area (Å²) in [7, 11) is 0. The second kappa shape index (κ2) is 7.34. The first-order chi connectivity index (χ1) is 13.3. The fourth-order valence-electron chi connectivity index (χ4n) is 3.26. The molecule has 1 aromatic heterocycles. The largest absolute Gasteiger partial charge is 0.493 e. The number of para-hydroxylation sites is 2. The average molecular weight is 358 g/mol. The minimum atomic E-state index is -0.759. The summed E-state index contributed by atoms with van der Waals surface area (Å²) in [5.74, 6) is 0.231. The van der Waals surface area contributed by atoms with Crippen LogP contribution in [0.3, 0.4) is 0 Å². The summed E-state index contributed by atoms with van der Waals surface area (Å²) < 4.78 is 7.30. The lowest BCUT2D eigenvalue weighted by Gasteiger charge is -2.25. The van der Waals surface area contributed by atoms with Gasteiger partial charge in [0.05, 0.1) is 30.5 Å². The molecule has 1 amide bonds. The van der Waals surface area contributed by atoms with Crippen LogP contribution in [0.1, 0.15) is 29.5 Å². The number of hydrogen-bond donors (Lipinski definition) is 1. The van der Waals surface area contributed by atoms with Gasteiger partial charge < -0.3 is 10.1 Å². The Labute approximate surface area is 157 Å². The van der Waals surface area contributed by atoms with Crippen LogP contribution in [0, 0.1) is 11.3 Å². The number of aromatic nitrogens is 2. The second-order valence-electron chi connectivity index (χ2n) is 6.35. The SMILES string of the molecule is N#C[C@@H](NC(=O)[C@H]1CCOc2ccccc21)c1cnn(-c2ccccc2)c1. The number of benzene rings is 2. The summed E-state index contributed by atoms with van der Waals surface area (Å²) in [6.45, 7) is 0.484. The van der Waals surface area contributed by atoms with E-state index in [1.165, 1.54) is 0 Å². The van der Waals surface area contributed by atoms with E-state index in [1.807, 2.05) is 54.6 Å². The van der Waals surface area contributed by atoms with Crippen molar-refractivity contribution >= 4 is 5.91 Å². The molecule has 0 fully saturated rings. The average Bonchev–Trinajstić information content (AvgIpc) is 3.22. The number of hydrogen-bond acceptors (Lipinski definition) is 4. The normalized spacial score (nSPS) is 16.5. The Morgan fingerprint density at radius 1 is 1.22 bits per heavy atom. The summed E-state index contributed by atoms with van der Waals surface area (Å²) in [4.78, 5) is 12.8. The third-order valence-electron chi connectivity index (χ3n) is 4.65. The van der Waals surface area contributed by atoms with Gasteiger partial charge in [0.2, 0.25) is 5.91 Å². The molecule has 1 aliphatic heterocycles. The van der Waals surface area contributed by atoms with Crippen LogP contribution in [-0.4, -0.2) is 22.3 Å². The maximum absolute atomic E-state index is 12.8. The highest BCUT2D eigenvalue weighted by atomic mass is 16.5. The Kier molecular flexibility index (Phi) is 4.58. The van der Waals surface area contributed by atoms with E-state index in [0.29, 0.717) is 18.6 Å². The minimum absolute atomic E-state index is 0.176. The predicted octanol–water partition coefficient (Wildman–Crippen LogP) is 3.12. The van der Waals surface area contributed by atoms with Crippen LogP contribution in [0.2, 0.25) is 0 Å². The van der Waals surface area contributed by atoms with Crippen molar-refractivity contribution in [2.45, 2.75) is 18.4 Å². The van der Waals surface area contributed by atoms with Crippen molar-refractivity contribution in [1.82, 2.24) is 15.1 Å². The molecule has 1 N–H and O–H groups in total. The fourth-order valence-corrected chi connectivity index (χ4v) is 3.26. The van der Waals surface area contributed by atoms with E-state index < -0.39 is 6.04 Å². The number of nitrogens with zero attached hydrogens (tertiary/aromatic N) is 3. The molecule has 0 unspecified atom stereocenters. The van der Waals surface area contributed by atoms with Crippen molar-refractivity contribution in [3.8, 4) is 17.5 Å². The standard InChI is InChI=1S/C21H18N4O2/c22-12-19(15-13-23-25(14-15)16-6-2-1-3-7-16)24-21(26)18-10-11-27-20-9-5-4-8-17(18)20/h1-9,13-14,18-19H,10-11H2,(H,24,26)/t18-,19+/m0/s1. The van der Waals surface area contributed by atoms with Crippen LogP contribution in [0.15, 0.2) is 67.0 Å². The molecular weight excluding hydrogens is 340 g/mol. The zero-order valence-electron chi connectivity index (χ0n) is 14.6. The first-order valence-electron chi connectivity index (χ1n) is 8.78. The van der Waals surface area contributed by atoms with Crippen molar-refractivity contribution in [1.29, 1.82) is 5.26 Å². The molecule has 0 saturated carbocycles. The molecule has 2 heterocycles. The second-order valence-corrected chi connectivity index (χ2v) is 6.35. The third kappa shape index (κ3) is 3.40. The summed E-state index contributed by atoms with van der Waals surface area (Å²) in [5.41, 5.74) is 2.40. The molecule has 3 aromatic rings. The first kappa shape index (κ1) is 16.9. The van der Waals surface area contributed by atoms with Gasteiger partial charge in [-0.05, 0) is 24.6 Å². The fraction of sp³-hybridized carbons (Fsp3) is 0.190. The topological polar surface area (TPSA) is 79.9 Å². The molecule has 6 nitrogen and oxygen atoms in total. The summed E-state index contributed by atoms with van der Waals surface area (Å²) in [6.07, 6.45) is 3.96.